The minimum Gasteiger partial charge on any atom is -0.482 e. The van der Waals surface area contributed by atoms with E-state index in [-0.39, 0.29) is 10.8 Å². The van der Waals surface area contributed by atoms with Crippen LogP contribution in [0.4, 0.5) is 0 Å². The van der Waals surface area contributed by atoms with E-state index in [4.69, 9.17) is 14.6 Å². The van der Waals surface area contributed by atoms with Gasteiger partial charge in [0.2, 0.25) is 10.0 Å². The van der Waals surface area contributed by atoms with Gasteiger partial charge in [0.15, 0.2) is 6.61 Å². The van der Waals surface area contributed by atoms with Crippen LogP contribution in [0.2, 0.25) is 0 Å². The summed E-state index contributed by atoms with van der Waals surface area (Å²) in [6.07, 6.45) is 0.777. The molecule has 1 aromatic rings. The van der Waals surface area contributed by atoms with Gasteiger partial charge < -0.3 is 14.6 Å². The van der Waals surface area contributed by atoms with Gasteiger partial charge in [-0.3, -0.25) is 0 Å². The second kappa shape index (κ2) is 5.19. The SMILES string of the molecule is CC1(C)OCC2CC21NS(=O)(=O)c1ccc(OCC(=O)O)cc1. The summed E-state index contributed by atoms with van der Waals surface area (Å²) in [4.78, 5) is 10.6. The number of ether oxygens (including phenoxy) is 2. The molecule has 23 heavy (non-hydrogen) atoms. The van der Waals surface area contributed by atoms with E-state index in [0.29, 0.717) is 12.4 Å². The highest BCUT2D eigenvalue weighted by atomic mass is 32.2. The van der Waals surface area contributed by atoms with Crippen LogP contribution < -0.4 is 9.46 Å². The molecular weight excluding hydrogens is 322 g/mol. The summed E-state index contributed by atoms with van der Waals surface area (Å²) < 4.78 is 38.6. The summed E-state index contributed by atoms with van der Waals surface area (Å²) in [6, 6.07) is 5.68. The Kier molecular flexibility index (Phi) is 3.66. The monoisotopic (exact) mass is 341 g/mol. The fraction of sp³-hybridized carbons (Fsp3) is 0.533. The van der Waals surface area contributed by atoms with Crippen LogP contribution in [0.15, 0.2) is 29.2 Å². The van der Waals surface area contributed by atoms with Crippen molar-refractivity contribution in [2.45, 2.75) is 36.3 Å². The average molecular weight is 341 g/mol. The number of carbonyl (C=O) groups is 1. The minimum absolute atomic E-state index is 0.114. The summed E-state index contributed by atoms with van der Waals surface area (Å²) in [5.74, 6) is -0.575. The van der Waals surface area contributed by atoms with Crippen LogP contribution in [0.25, 0.3) is 0 Å². The first-order chi connectivity index (χ1) is 10.7. The number of sulfonamides is 1. The number of rotatable bonds is 6. The molecule has 0 bridgehead atoms. The Hall–Kier alpha value is -1.64. The number of hydrogen-bond donors (Lipinski definition) is 2. The summed E-state index contributed by atoms with van der Waals surface area (Å²) in [5, 5.41) is 8.56. The molecule has 126 valence electrons. The van der Waals surface area contributed by atoms with Crippen LogP contribution >= 0.6 is 0 Å². The lowest BCUT2D eigenvalue weighted by atomic mass is 9.97. The van der Waals surface area contributed by atoms with E-state index in [2.05, 4.69) is 4.72 Å². The second-order valence-corrected chi connectivity index (χ2v) is 8.14. The third-order valence-electron chi connectivity index (χ3n) is 4.64. The van der Waals surface area contributed by atoms with E-state index >= 15 is 0 Å². The lowest BCUT2D eigenvalue weighted by molar-refractivity contribution is -0.139. The molecule has 2 N–H and O–H groups in total. The first-order valence-electron chi connectivity index (χ1n) is 7.29. The van der Waals surface area contributed by atoms with Crippen molar-refractivity contribution in [3.63, 3.8) is 0 Å². The Morgan fingerprint density at radius 2 is 2.04 bits per heavy atom. The molecule has 1 saturated carbocycles. The fourth-order valence-electron chi connectivity index (χ4n) is 3.11. The normalized spacial score (nSPS) is 28.2. The quantitative estimate of drug-likeness (QED) is 0.800. The van der Waals surface area contributed by atoms with Crippen LogP contribution in [0.1, 0.15) is 20.3 Å². The molecule has 3 rings (SSSR count). The average Bonchev–Trinajstić information content (AvgIpc) is 3.12. The van der Waals surface area contributed by atoms with Crippen molar-refractivity contribution in [2.24, 2.45) is 5.92 Å². The van der Waals surface area contributed by atoms with Crippen molar-refractivity contribution in [1.82, 2.24) is 4.72 Å². The van der Waals surface area contributed by atoms with Crippen molar-refractivity contribution < 1.29 is 27.8 Å². The highest BCUT2D eigenvalue weighted by molar-refractivity contribution is 7.89. The van der Waals surface area contributed by atoms with Crippen LogP contribution in [-0.4, -0.2) is 43.8 Å². The molecule has 7 nitrogen and oxygen atoms in total. The predicted molar refractivity (Wildman–Crippen MR) is 80.8 cm³/mol. The van der Waals surface area contributed by atoms with Crippen molar-refractivity contribution in [3.05, 3.63) is 24.3 Å². The Labute approximate surface area is 134 Å². The molecule has 2 unspecified atom stereocenters. The summed E-state index contributed by atoms with van der Waals surface area (Å²) in [6.45, 7) is 3.88. The number of benzene rings is 1. The molecule has 2 aliphatic rings. The maximum Gasteiger partial charge on any atom is 0.341 e. The molecule has 1 aliphatic heterocycles. The number of carboxylic acid groups (broad SMARTS) is 1. The molecule has 1 saturated heterocycles. The molecule has 0 spiro atoms. The van der Waals surface area contributed by atoms with Crippen molar-refractivity contribution in [3.8, 4) is 5.75 Å². The zero-order valence-corrected chi connectivity index (χ0v) is 13.7. The van der Waals surface area contributed by atoms with Gasteiger partial charge in [-0.2, -0.15) is 0 Å². The Morgan fingerprint density at radius 3 is 2.52 bits per heavy atom. The van der Waals surface area contributed by atoms with Gasteiger partial charge in [-0.1, -0.05) is 0 Å². The summed E-state index contributed by atoms with van der Waals surface area (Å²) >= 11 is 0. The summed E-state index contributed by atoms with van der Waals surface area (Å²) in [7, 11) is -3.68. The molecule has 2 fully saturated rings. The van der Waals surface area contributed by atoms with Gasteiger partial charge in [-0.25, -0.2) is 17.9 Å². The number of fused-ring (bicyclic) bond motifs is 1. The highest BCUT2D eigenvalue weighted by Crippen LogP contribution is 2.58. The van der Waals surface area contributed by atoms with Crippen molar-refractivity contribution in [1.29, 1.82) is 0 Å². The maximum absolute atomic E-state index is 12.6. The van der Waals surface area contributed by atoms with Gasteiger partial charge >= 0.3 is 5.97 Å². The lowest BCUT2D eigenvalue weighted by Crippen LogP contribution is -2.51. The number of hydrogen-bond acceptors (Lipinski definition) is 5. The van der Waals surface area contributed by atoms with E-state index in [1.807, 2.05) is 13.8 Å². The van der Waals surface area contributed by atoms with Gasteiger partial charge in [-0.05, 0) is 44.5 Å². The molecule has 1 aromatic carbocycles. The number of nitrogens with one attached hydrogen (secondary N) is 1. The van der Waals surface area contributed by atoms with Gasteiger partial charge in [0, 0.05) is 5.92 Å². The predicted octanol–water partition coefficient (Wildman–Crippen LogP) is 0.996. The first kappa shape index (κ1) is 16.2. The van der Waals surface area contributed by atoms with Gasteiger partial charge in [0.1, 0.15) is 5.75 Å². The lowest BCUT2D eigenvalue weighted by Gasteiger charge is -2.30. The van der Waals surface area contributed by atoms with E-state index in [1.165, 1.54) is 24.3 Å². The zero-order valence-electron chi connectivity index (χ0n) is 12.9. The van der Waals surface area contributed by atoms with Crippen molar-refractivity contribution in [2.75, 3.05) is 13.2 Å². The zero-order chi connectivity index (χ0) is 16.9. The standard InChI is InChI=1S/C15H19NO6S/c1-14(2)15(7-10(15)8-22-14)16-23(19,20)12-5-3-11(4-6-12)21-9-13(17)18/h3-6,10,16H,7-9H2,1-2H3,(H,17,18). The molecule has 0 radical (unpaired) electrons. The van der Waals surface area contributed by atoms with Gasteiger partial charge in [-0.15, -0.1) is 0 Å². The fourth-order valence-corrected chi connectivity index (χ4v) is 4.70. The largest absolute Gasteiger partial charge is 0.482 e. The van der Waals surface area contributed by atoms with E-state index in [1.54, 1.807) is 0 Å². The van der Waals surface area contributed by atoms with Gasteiger partial charge in [0.05, 0.1) is 22.6 Å². The summed E-state index contributed by atoms with van der Waals surface area (Å²) in [5.41, 5.74) is -1.07. The Morgan fingerprint density at radius 1 is 1.39 bits per heavy atom. The molecule has 1 heterocycles. The second-order valence-electron chi connectivity index (χ2n) is 6.45. The van der Waals surface area contributed by atoms with Crippen molar-refractivity contribution >= 4 is 16.0 Å². The Bertz CT molecular complexity index is 727. The molecule has 0 amide bonds. The number of carboxylic acids is 1. The maximum atomic E-state index is 12.6. The molecule has 0 aromatic heterocycles. The van der Waals surface area contributed by atoms with Crippen LogP contribution in [-0.2, 0) is 19.6 Å². The minimum atomic E-state index is -3.68. The van der Waals surface area contributed by atoms with Crippen LogP contribution in [0.3, 0.4) is 0 Å². The molecule has 8 heteroatoms. The third kappa shape index (κ3) is 2.82. The van der Waals surface area contributed by atoms with Gasteiger partial charge in [0.25, 0.3) is 0 Å². The van der Waals surface area contributed by atoms with Crippen LogP contribution in [0.5, 0.6) is 5.75 Å². The molecule has 1 aliphatic carbocycles. The number of aliphatic carboxylic acids is 1. The first-order valence-corrected chi connectivity index (χ1v) is 8.77. The van der Waals surface area contributed by atoms with E-state index in [0.717, 1.165) is 6.42 Å². The Balaban J connectivity index is 1.75. The van der Waals surface area contributed by atoms with Crippen LogP contribution in [0, 0.1) is 5.92 Å². The smallest absolute Gasteiger partial charge is 0.341 e. The topological polar surface area (TPSA) is 102 Å². The third-order valence-corrected chi connectivity index (χ3v) is 6.16. The van der Waals surface area contributed by atoms with E-state index in [9.17, 15) is 13.2 Å². The van der Waals surface area contributed by atoms with E-state index < -0.39 is 33.7 Å². The molecular formula is C15H19NO6S. The molecule has 2 atom stereocenters. The highest BCUT2D eigenvalue weighted by Gasteiger charge is 2.69.